The van der Waals surface area contributed by atoms with Gasteiger partial charge in [0.25, 0.3) is 0 Å². The highest BCUT2D eigenvalue weighted by Crippen LogP contribution is 2.36. The average molecular weight is 485 g/mol. The topological polar surface area (TPSA) is 84.9 Å². The van der Waals surface area contributed by atoms with Crippen molar-refractivity contribution in [2.45, 2.75) is 18.6 Å². The minimum absolute atomic E-state index is 0.0949. The second kappa shape index (κ2) is 11.0. The summed E-state index contributed by atoms with van der Waals surface area (Å²) in [4.78, 5) is 12.1. The number of carbonyl (C=O) groups is 1. The maximum Gasteiger partial charge on any atom is 0.232 e. The molecule has 0 unspecified atom stereocenters. The molecule has 0 fully saturated rings. The Morgan fingerprint density at radius 3 is 2.77 bits per heavy atom. The fourth-order valence-electron chi connectivity index (χ4n) is 3.08. The van der Waals surface area contributed by atoms with Gasteiger partial charge in [0, 0.05) is 42.1 Å². The number of rotatable bonds is 11. The van der Waals surface area contributed by atoms with E-state index in [9.17, 15) is 13.2 Å². The summed E-state index contributed by atoms with van der Waals surface area (Å²) in [5, 5.41) is 3.59. The smallest absolute Gasteiger partial charge is 0.232 e. The Labute approximate surface area is 192 Å². The molecule has 2 aromatic carbocycles. The molecular formula is C21H25ClN2O5S2. The van der Waals surface area contributed by atoms with Gasteiger partial charge in [-0.15, -0.1) is 0 Å². The molecule has 10 heteroatoms. The van der Waals surface area contributed by atoms with E-state index >= 15 is 0 Å². The Morgan fingerprint density at radius 2 is 2.00 bits per heavy atom. The van der Waals surface area contributed by atoms with Gasteiger partial charge in [-0.2, -0.15) is 11.8 Å². The second-order valence-corrected chi connectivity index (χ2v) is 10.5. The maximum atomic E-state index is 12.2. The number of halogens is 1. The summed E-state index contributed by atoms with van der Waals surface area (Å²) in [6.45, 7) is 0.882. The molecule has 0 aromatic heterocycles. The van der Waals surface area contributed by atoms with Gasteiger partial charge in [-0.1, -0.05) is 23.7 Å². The van der Waals surface area contributed by atoms with Crippen LogP contribution < -0.4 is 19.1 Å². The number of anilines is 1. The molecule has 31 heavy (non-hydrogen) atoms. The van der Waals surface area contributed by atoms with Crippen molar-refractivity contribution in [3.8, 4) is 11.5 Å². The number of thioether (sulfide) groups is 1. The van der Waals surface area contributed by atoms with E-state index in [1.807, 2.05) is 24.3 Å². The van der Waals surface area contributed by atoms with Crippen LogP contribution in [0.15, 0.2) is 42.5 Å². The molecule has 0 spiro atoms. The molecule has 3 rings (SSSR count). The Kier molecular flexibility index (Phi) is 8.34. The summed E-state index contributed by atoms with van der Waals surface area (Å²) in [7, 11) is -3.49. The Morgan fingerprint density at radius 1 is 1.19 bits per heavy atom. The summed E-state index contributed by atoms with van der Waals surface area (Å²) in [5.74, 6) is 2.62. The van der Waals surface area contributed by atoms with E-state index in [0.717, 1.165) is 28.3 Å². The molecule has 168 valence electrons. The predicted octanol–water partition coefficient (Wildman–Crippen LogP) is 3.66. The first-order valence-corrected chi connectivity index (χ1v) is 13.2. The molecule has 0 saturated heterocycles. The summed E-state index contributed by atoms with van der Waals surface area (Å²) in [6.07, 6.45) is 1.80. The van der Waals surface area contributed by atoms with Crippen LogP contribution >= 0.6 is 23.4 Å². The summed E-state index contributed by atoms with van der Waals surface area (Å²) >= 11 is 7.68. The zero-order valence-electron chi connectivity index (χ0n) is 17.2. The summed E-state index contributed by atoms with van der Waals surface area (Å²) < 4.78 is 36.3. The van der Waals surface area contributed by atoms with Crippen molar-refractivity contribution in [2.24, 2.45) is 0 Å². The van der Waals surface area contributed by atoms with Gasteiger partial charge in [-0.05, 0) is 36.2 Å². The molecule has 0 aliphatic carbocycles. The molecule has 2 aromatic rings. The molecule has 1 amide bonds. The highest BCUT2D eigenvalue weighted by molar-refractivity contribution is 7.98. The standard InChI is InChI=1S/C21H25ClN2O5S2/c1-31(26,27)24(18-7-8-19-20(13-18)29-15-28-19)10-3-6-21(25)23-9-11-30-14-16-4-2-5-17(22)12-16/h2,4-5,7-8,12-13H,3,6,9-11,14-15H2,1H3,(H,23,25). The predicted molar refractivity (Wildman–Crippen MR) is 125 cm³/mol. The molecule has 0 atom stereocenters. The highest BCUT2D eigenvalue weighted by Gasteiger charge is 2.21. The van der Waals surface area contributed by atoms with Gasteiger partial charge in [0.1, 0.15) is 0 Å². The number of fused-ring (bicyclic) bond motifs is 1. The molecule has 1 heterocycles. The van der Waals surface area contributed by atoms with Gasteiger partial charge in [0.05, 0.1) is 11.9 Å². The van der Waals surface area contributed by atoms with Crippen LogP contribution in [0.2, 0.25) is 5.02 Å². The fraction of sp³-hybridized carbons (Fsp3) is 0.381. The molecule has 1 aliphatic heterocycles. The van der Waals surface area contributed by atoms with E-state index in [1.54, 1.807) is 30.0 Å². The zero-order chi connectivity index (χ0) is 22.3. The van der Waals surface area contributed by atoms with Crippen LogP contribution in [0, 0.1) is 0 Å². The van der Waals surface area contributed by atoms with Crippen LogP contribution in [0.3, 0.4) is 0 Å². The number of amides is 1. The van der Waals surface area contributed by atoms with Crippen molar-refractivity contribution in [3.63, 3.8) is 0 Å². The van der Waals surface area contributed by atoms with E-state index in [4.69, 9.17) is 21.1 Å². The first-order chi connectivity index (χ1) is 14.8. The van der Waals surface area contributed by atoms with Gasteiger partial charge in [-0.3, -0.25) is 9.10 Å². The summed E-state index contributed by atoms with van der Waals surface area (Å²) in [5.41, 5.74) is 1.64. The number of hydrogen-bond donors (Lipinski definition) is 1. The van der Waals surface area contributed by atoms with Crippen molar-refractivity contribution in [3.05, 3.63) is 53.1 Å². The lowest BCUT2D eigenvalue weighted by Crippen LogP contribution is -2.32. The van der Waals surface area contributed by atoms with Crippen LogP contribution in [-0.4, -0.2) is 46.2 Å². The Bertz CT molecular complexity index is 1020. The minimum Gasteiger partial charge on any atom is -0.454 e. The van der Waals surface area contributed by atoms with E-state index < -0.39 is 10.0 Å². The fourth-order valence-corrected chi connectivity index (χ4v) is 5.05. The number of nitrogens with zero attached hydrogens (tertiary/aromatic N) is 1. The molecule has 0 radical (unpaired) electrons. The van der Waals surface area contributed by atoms with Crippen molar-refractivity contribution in [1.29, 1.82) is 0 Å². The first kappa shape index (κ1) is 23.6. The van der Waals surface area contributed by atoms with Crippen molar-refractivity contribution < 1.29 is 22.7 Å². The van der Waals surface area contributed by atoms with Gasteiger partial charge in [0.2, 0.25) is 22.7 Å². The normalized spacial score (nSPS) is 12.6. The number of benzene rings is 2. The number of sulfonamides is 1. The van der Waals surface area contributed by atoms with Gasteiger partial charge in [0.15, 0.2) is 11.5 Å². The lowest BCUT2D eigenvalue weighted by Gasteiger charge is -2.22. The number of carbonyl (C=O) groups excluding carboxylic acids is 1. The van der Waals surface area contributed by atoms with Crippen LogP contribution in [-0.2, 0) is 20.6 Å². The number of ether oxygens (including phenoxy) is 2. The van der Waals surface area contributed by atoms with Gasteiger partial charge >= 0.3 is 0 Å². The van der Waals surface area contributed by atoms with Crippen LogP contribution in [0.4, 0.5) is 5.69 Å². The van der Waals surface area contributed by atoms with Crippen LogP contribution in [0.1, 0.15) is 18.4 Å². The number of hydrogen-bond acceptors (Lipinski definition) is 6. The molecule has 1 N–H and O–H groups in total. The first-order valence-electron chi connectivity index (χ1n) is 9.79. The molecule has 0 saturated carbocycles. The van der Waals surface area contributed by atoms with Crippen LogP contribution in [0.25, 0.3) is 0 Å². The molecule has 0 bridgehead atoms. The Hall–Kier alpha value is -2.10. The molecule has 7 nitrogen and oxygen atoms in total. The summed E-state index contributed by atoms with van der Waals surface area (Å²) in [6, 6.07) is 12.7. The van der Waals surface area contributed by atoms with Crippen molar-refractivity contribution in [2.75, 3.05) is 36.2 Å². The van der Waals surface area contributed by atoms with Crippen LogP contribution in [0.5, 0.6) is 11.5 Å². The third kappa shape index (κ3) is 7.22. The Balaban J connectivity index is 1.39. The van der Waals surface area contributed by atoms with E-state index in [-0.39, 0.29) is 25.7 Å². The quantitative estimate of drug-likeness (QED) is 0.490. The maximum absolute atomic E-state index is 12.2. The largest absolute Gasteiger partial charge is 0.454 e. The third-order valence-electron chi connectivity index (χ3n) is 4.54. The van der Waals surface area contributed by atoms with Crippen molar-refractivity contribution >= 4 is 45.0 Å². The zero-order valence-corrected chi connectivity index (χ0v) is 19.6. The lowest BCUT2D eigenvalue weighted by atomic mass is 10.2. The highest BCUT2D eigenvalue weighted by atomic mass is 35.5. The monoisotopic (exact) mass is 484 g/mol. The van der Waals surface area contributed by atoms with Gasteiger partial charge < -0.3 is 14.8 Å². The van der Waals surface area contributed by atoms with Gasteiger partial charge in [-0.25, -0.2) is 8.42 Å². The van der Waals surface area contributed by atoms with Crippen molar-refractivity contribution in [1.82, 2.24) is 5.32 Å². The number of nitrogens with one attached hydrogen (secondary N) is 1. The molecule has 1 aliphatic rings. The molecular weight excluding hydrogens is 460 g/mol. The van der Waals surface area contributed by atoms with E-state index in [1.165, 1.54) is 4.31 Å². The minimum atomic E-state index is -3.49. The SMILES string of the molecule is CS(=O)(=O)N(CCCC(=O)NCCSCc1cccc(Cl)c1)c1ccc2c(c1)OCO2. The average Bonchev–Trinajstić information content (AvgIpc) is 3.18. The third-order valence-corrected chi connectivity index (χ3v) is 7.00. The van der Waals surface area contributed by atoms with E-state index in [0.29, 0.717) is 30.2 Å². The second-order valence-electron chi connectivity index (χ2n) is 7.01. The lowest BCUT2D eigenvalue weighted by molar-refractivity contribution is -0.121. The van der Waals surface area contributed by atoms with E-state index in [2.05, 4.69) is 5.32 Å².